The fourth-order valence-electron chi connectivity index (χ4n) is 0.826. The molecular formula is C8H12NO. The van der Waals surface area contributed by atoms with Crippen LogP contribution in [-0.2, 0) is 12.8 Å². The molecule has 0 saturated heterocycles. The van der Waals surface area contributed by atoms with Crippen LogP contribution in [0.25, 0.3) is 0 Å². The zero-order valence-corrected chi connectivity index (χ0v) is 6.26. The third-order valence-corrected chi connectivity index (χ3v) is 1.31. The fourth-order valence-corrected chi connectivity index (χ4v) is 0.826. The number of aromatic nitrogens is 1. The summed E-state index contributed by atoms with van der Waals surface area (Å²) in [7, 11) is 0. The monoisotopic (exact) mass is 138 g/mol. The molecule has 0 bridgehead atoms. The predicted octanol–water partition coefficient (Wildman–Crippen LogP) is 2.00. The molecule has 1 aromatic rings. The van der Waals surface area contributed by atoms with Crippen LogP contribution in [0.15, 0.2) is 10.6 Å². The number of aryl methyl sites for hydroxylation is 1. The fraction of sp³-hybridized carbons (Fsp3) is 0.500. The van der Waals surface area contributed by atoms with Crippen molar-refractivity contribution in [1.82, 2.24) is 4.98 Å². The average molecular weight is 138 g/mol. The van der Waals surface area contributed by atoms with Crippen LogP contribution in [0, 0.1) is 6.92 Å². The summed E-state index contributed by atoms with van der Waals surface area (Å²) in [6, 6.07) is 0. The number of rotatable bonds is 3. The smallest absolute Gasteiger partial charge is 0.194 e. The lowest BCUT2D eigenvalue weighted by Crippen LogP contribution is -1.76. The molecule has 0 aliphatic rings. The molecule has 0 saturated carbocycles. The Hall–Kier alpha value is -0.790. The molecule has 1 rings (SSSR count). The highest BCUT2D eigenvalue weighted by Gasteiger charge is 1.98. The lowest BCUT2D eigenvalue weighted by atomic mass is 10.3. The first-order valence-electron chi connectivity index (χ1n) is 3.59. The highest BCUT2D eigenvalue weighted by Crippen LogP contribution is 2.05. The summed E-state index contributed by atoms with van der Waals surface area (Å²) in [4.78, 5) is 4.02. The van der Waals surface area contributed by atoms with E-state index in [2.05, 4.69) is 18.8 Å². The molecule has 0 aromatic carbocycles. The Morgan fingerprint density at radius 3 is 3.00 bits per heavy atom. The Morgan fingerprint density at radius 1 is 1.70 bits per heavy atom. The normalized spacial score (nSPS) is 10.2. The minimum Gasteiger partial charge on any atom is -0.446 e. The Kier molecular flexibility index (Phi) is 2.49. The summed E-state index contributed by atoms with van der Waals surface area (Å²) in [5.41, 5.74) is 0. The summed E-state index contributed by atoms with van der Waals surface area (Å²) in [6.45, 7) is 5.79. The molecule has 10 heavy (non-hydrogen) atoms. The molecule has 0 aliphatic carbocycles. The molecule has 0 amide bonds. The van der Waals surface area contributed by atoms with Gasteiger partial charge in [0, 0.05) is 12.8 Å². The van der Waals surface area contributed by atoms with Crippen LogP contribution in [0.4, 0.5) is 0 Å². The topological polar surface area (TPSA) is 26.0 Å². The van der Waals surface area contributed by atoms with Gasteiger partial charge in [-0.1, -0.05) is 6.92 Å². The molecule has 1 radical (unpaired) electrons. The molecule has 1 aromatic heterocycles. The quantitative estimate of drug-likeness (QED) is 0.638. The number of hydrogen-bond acceptors (Lipinski definition) is 2. The molecule has 0 atom stereocenters. The van der Waals surface area contributed by atoms with E-state index in [1.165, 1.54) is 0 Å². The molecule has 55 valence electrons. The highest BCUT2D eigenvalue weighted by atomic mass is 16.4. The maximum absolute atomic E-state index is 5.30. The predicted molar refractivity (Wildman–Crippen MR) is 39.6 cm³/mol. The van der Waals surface area contributed by atoms with Crippen molar-refractivity contribution in [2.75, 3.05) is 0 Å². The van der Waals surface area contributed by atoms with Crippen LogP contribution >= 0.6 is 0 Å². The molecule has 1 heterocycles. The summed E-state index contributed by atoms with van der Waals surface area (Å²) in [5, 5.41) is 0. The van der Waals surface area contributed by atoms with Crippen molar-refractivity contribution in [3.8, 4) is 0 Å². The second kappa shape index (κ2) is 3.40. The SMILES string of the molecule is [CH2]Cc1ncc(CCC)o1. The molecule has 2 heteroatoms. The largest absolute Gasteiger partial charge is 0.446 e. The van der Waals surface area contributed by atoms with Crippen molar-refractivity contribution < 1.29 is 4.42 Å². The van der Waals surface area contributed by atoms with Gasteiger partial charge in [0.2, 0.25) is 0 Å². The zero-order chi connectivity index (χ0) is 7.40. The van der Waals surface area contributed by atoms with Crippen molar-refractivity contribution in [2.24, 2.45) is 0 Å². The zero-order valence-electron chi connectivity index (χ0n) is 6.26. The van der Waals surface area contributed by atoms with Crippen LogP contribution in [0.1, 0.15) is 25.0 Å². The van der Waals surface area contributed by atoms with E-state index < -0.39 is 0 Å². The van der Waals surface area contributed by atoms with E-state index in [1.807, 2.05) is 0 Å². The maximum Gasteiger partial charge on any atom is 0.194 e. The first-order chi connectivity index (χ1) is 4.86. The van der Waals surface area contributed by atoms with Gasteiger partial charge in [0.15, 0.2) is 5.89 Å². The second-order valence-corrected chi connectivity index (χ2v) is 2.22. The van der Waals surface area contributed by atoms with E-state index in [0.717, 1.165) is 24.5 Å². The first kappa shape index (κ1) is 7.32. The lowest BCUT2D eigenvalue weighted by Gasteiger charge is -1.87. The summed E-state index contributed by atoms with van der Waals surface area (Å²) >= 11 is 0. The third kappa shape index (κ3) is 1.59. The molecular weight excluding hydrogens is 126 g/mol. The summed E-state index contributed by atoms with van der Waals surface area (Å²) in [5.74, 6) is 1.71. The van der Waals surface area contributed by atoms with Gasteiger partial charge in [0.1, 0.15) is 5.76 Å². The third-order valence-electron chi connectivity index (χ3n) is 1.31. The Morgan fingerprint density at radius 2 is 2.50 bits per heavy atom. The van der Waals surface area contributed by atoms with Crippen LogP contribution < -0.4 is 0 Å². The molecule has 2 nitrogen and oxygen atoms in total. The molecule has 0 N–H and O–H groups in total. The molecule has 0 unspecified atom stereocenters. The van der Waals surface area contributed by atoms with Crippen LogP contribution in [0.3, 0.4) is 0 Å². The van der Waals surface area contributed by atoms with E-state index in [0.29, 0.717) is 6.42 Å². The molecule has 0 spiro atoms. The maximum atomic E-state index is 5.30. The van der Waals surface area contributed by atoms with Crippen molar-refractivity contribution in [3.63, 3.8) is 0 Å². The average Bonchev–Trinajstić information content (AvgIpc) is 2.37. The van der Waals surface area contributed by atoms with E-state index in [9.17, 15) is 0 Å². The van der Waals surface area contributed by atoms with Gasteiger partial charge < -0.3 is 4.42 Å². The first-order valence-corrected chi connectivity index (χ1v) is 3.59. The summed E-state index contributed by atoms with van der Waals surface area (Å²) in [6.07, 6.45) is 4.51. The Labute approximate surface area is 61.3 Å². The van der Waals surface area contributed by atoms with Gasteiger partial charge >= 0.3 is 0 Å². The van der Waals surface area contributed by atoms with Gasteiger partial charge in [-0.2, -0.15) is 0 Å². The van der Waals surface area contributed by atoms with Crippen LogP contribution in [0.5, 0.6) is 0 Å². The minimum atomic E-state index is 0.643. The van der Waals surface area contributed by atoms with E-state index >= 15 is 0 Å². The molecule has 0 fully saturated rings. The minimum absolute atomic E-state index is 0.643. The van der Waals surface area contributed by atoms with Gasteiger partial charge in [-0.25, -0.2) is 4.98 Å². The van der Waals surface area contributed by atoms with E-state index in [4.69, 9.17) is 4.42 Å². The standard InChI is InChI=1S/C8H12NO/c1-3-5-7-6-9-8(4-2)10-7/h6H,2-5H2,1H3. The van der Waals surface area contributed by atoms with Gasteiger partial charge in [-0.05, 0) is 13.3 Å². The molecule has 0 aliphatic heterocycles. The number of hydrogen-bond donors (Lipinski definition) is 0. The van der Waals surface area contributed by atoms with Crippen LogP contribution in [0.2, 0.25) is 0 Å². The van der Waals surface area contributed by atoms with Gasteiger partial charge in [-0.15, -0.1) is 0 Å². The summed E-state index contributed by atoms with van der Waals surface area (Å²) < 4.78 is 5.30. The van der Waals surface area contributed by atoms with Gasteiger partial charge in [-0.3, -0.25) is 0 Å². The van der Waals surface area contributed by atoms with E-state index in [-0.39, 0.29) is 0 Å². The lowest BCUT2D eigenvalue weighted by molar-refractivity contribution is 0.463. The van der Waals surface area contributed by atoms with E-state index in [1.54, 1.807) is 6.20 Å². The van der Waals surface area contributed by atoms with Crippen molar-refractivity contribution in [1.29, 1.82) is 0 Å². The van der Waals surface area contributed by atoms with Crippen molar-refractivity contribution in [3.05, 3.63) is 24.8 Å². The Balaban J connectivity index is 2.59. The number of oxazole rings is 1. The highest BCUT2D eigenvalue weighted by molar-refractivity contribution is 4.94. The van der Waals surface area contributed by atoms with Crippen LogP contribution in [-0.4, -0.2) is 4.98 Å². The second-order valence-electron chi connectivity index (χ2n) is 2.22. The van der Waals surface area contributed by atoms with Crippen molar-refractivity contribution >= 4 is 0 Å². The van der Waals surface area contributed by atoms with Crippen molar-refractivity contribution in [2.45, 2.75) is 26.2 Å². The van der Waals surface area contributed by atoms with Gasteiger partial charge in [0.05, 0.1) is 6.20 Å². The number of nitrogens with zero attached hydrogens (tertiary/aromatic N) is 1. The Bertz CT molecular complexity index is 193. The van der Waals surface area contributed by atoms with Gasteiger partial charge in [0.25, 0.3) is 0 Å².